The summed E-state index contributed by atoms with van der Waals surface area (Å²) in [5, 5.41) is 2.37. The molecular formula is C70H70B2O. The van der Waals surface area contributed by atoms with E-state index >= 15 is 0 Å². The molecule has 0 N–H and O–H groups in total. The van der Waals surface area contributed by atoms with Gasteiger partial charge in [0, 0.05) is 10.8 Å². The lowest BCUT2D eigenvalue weighted by atomic mass is 9.34. The summed E-state index contributed by atoms with van der Waals surface area (Å²) in [6.07, 6.45) is 7.98. The van der Waals surface area contributed by atoms with Crippen molar-refractivity contribution < 1.29 is 4.42 Å². The van der Waals surface area contributed by atoms with Crippen molar-refractivity contribution in [2.24, 2.45) is 11.8 Å². The molecule has 14 rings (SSSR count). The van der Waals surface area contributed by atoms with Gasteiger partial charge in [0.15, 0.2) is 0 Å². The lowest BCUT2D eigenvalue weighted by Gasteiger charge is -2.63. The number of benzene rings is 8. The second-order valence-corrected chi connectivity index (χ2v) is 24.7. The van der Waals surface area contributed by atoms with Crippen LogP contribution in [-0.2, 0) is 10.8 Å². The van der Waals surface area contributed by atoms with Gasteiger partial charge in [-0.05, 0) is 177 Å². The summed E-state index contributed by atoms with van der Waals surface area (Å²) in [7, 11) is 0. The maximum absolute atomic E-state index is 6.62. The molecule has 0 radical (unpaired) electrons. The average Bonchev–Trinajstić information content (AvgIpc) is 3.89. The Balaban J connectivity index is 0.860. The van der Waals surface area contributed by atoms with Crippen molar-refractivity contribution in [1.82, 2.24) is 0 Å². The van der Waals surface area contributed by atoms with Gasteiger partial charge in [-0.2, -0.15) is 0 Å². The van der Waals surface area contributed by atoms with Gasteiger partial charge in [0.2, 0.25) is 13.4 Å². The van der Waals surface area contributed by atoms with Crippen LogP contribution in [0.3, 0.4) is 0 Å². The SMILES string of the molecule is Cc1cc(C)c(B(c2ccc3oc4ccc(-c5ccc(C67CC8CC(C6)CC(c6cc(C(C)C)c(B9c%10ccccc%10-c%10ccccc%109)c(C(C)C)c6)(C8)C7)cc5)cc4c3c2)c2c(C)cc(C)cc2C)c(C)c1. The summed E-state index contributed by atoms with van der Waals surface area (Å²) in [5.41, 5.74) is 30.7. The van der Waals surface area contributed by atoms with Crippen molar-refractivity contribution in [3.05, 3.63) is 201 Å². The highest BCUT2D eigenvalue weighted by Crippen LogP contribution is 2.66. The molecule has 4 saturated carbocycles. The number of aryl methyl sites for hydroxylation is 6. The molecule has 0 spiro atoms. The Morgan fingerprint density at radius 1 is 0.493 bits per heavy atom. The molecule has 5 aliphatic rings. The van der Waals surface area contributed by atoms with Gasteiger partial charge in [-0.15, -0.1) is 0 Å². The van der Waals surface area contributed by atoms with Crippen LogP contribution in [-0.4, -0.2) is 13.4 Å². The van der Waals surface area contributed by atoms with Gasteiger partial charge in [-0.3, -0.25) is 0 Å². The highest BCUT2D eigenvalue weighted by Gasteiger charge is 2.59. The van der Waals surface area contributed by atoms with E-state index in [0.29, 0.717) is 11.8 Å². The van der Waals surface area contributed by atoms with Crippen molar-refractivity contribution in [3.8, 4) is 22.3 Å². The van der Waals surface area contributed by atoms with E-state index in [1.165, 1.54) is 132 Å². The molecule has 9 aromatic rings. The number of hydrogen-bond donors (Lipinski definition) is 0. The predicted octanol–water partition coefficient (Wildman–Crippen LogP) is 14.2. The number of fused-ring (bicyclic) bond motifs is 6. The maximum Gasteiger partial charge on any atom is 0.243 e. The van der Waals surface area contributed by atoms with Crippen molar-refractivity contribution in [2.45, 2.75) is 130 Å². The van der Waals surface area contributed by atoms with Crippen LogP contribution in [0.5, 0.6) is 0 Å². The van der Waals surface area contributed by atoms with Gasteiger partial charge < -0.3 is 4.42 Å². The van der Waals surface area contributed by atoms with E-state index in [9.17, 15) is 0 Å². The number of hydrogen-bond acceptors (Lipinski definition) is 1. The fourth-order valence-electron chi connectivity index (χ4n) is 16.6. The topological polar surface area (TPSA) is 13.1 Å². The van der Waals surface area contributed by atoms with E-state index in [1.807, 2.05) is 0 Å². The van der Waals surface area contributed by atoms with E-state index < -0.39 is 0 Å². The summed E-state index contributed by atoms with van der Waals surface area (Å²) in [4.78, 5) is 0. The predicted molar refractivity (Wildman–Crippen MR) is 314 cm³/mol. The van der Waals surface area contributed by atoms with E-state index in [2.05, 4.69) is 215 Å². The molecule has 362 valence electrons. The molecule has 73 heavy (non-hydrogen) atoms. The van der Waals surface area contributed by atoms with Gasteiger partial charge >= 0.3 is 0 Å². The zero-order chi connectivity index (χ0) is 50.2. The van der Waals surface area contributed by atoms with E-state index in [-0.39, 0.29) is 24.3 Å². The Morgan fingerprint density at radius 3 is 1.48 bits per heavy atom. The molecule has 0 saturated heterocycles. The van der Waals surface area contributed by atoms with Gasteiger partial charge in [0.25, 0.3) is 0 Å². The molecule has 2 heterocycles. The molecule has 2 atom stereocenters. The van der Waals surface area contributed by atoms with E-state index in [0.717, 1.165) is 23.0 Å². The van der Waals surface area contributed by atoms with Crippen molar-refractivity contribution in [1.29, 1.82) is 0 Å². The lowest BCUT2D eigenvalue weighted by molar-refractivity contribution is -0.0281. The molecule has 3 heteroatoms. The molecule has 8 aromatic carbocycles. The van der Waals surface area contributed by atoms with Crippen LogP contribution < -0.4 is 32.8 Å². The average molecular weight is 949 g/mol. The number of rotatable bonds is 9. The maximum atomic E-state index is 6.62. The molecular weight excluding hydrogens is 878 g/mol. The lowest BCUT2D eigenvalue weighted by Crippen LogP contribution is -2.56. The molecule has 4 bridgehead atoms. The minimum atomic E-state index is 0.108. The Labute approximate surface area is 436 Å². The minimum absolute atomic E-state index is 0.108. The van der Waals surface area contributed by atoms with Crippen LogP contribution in [0.15, 0.2) is 150 Å². The minimum Gasteiger partial charge on any atom is -0.456 e. The first-order valence-corrected chi connectivity index (χ1v) is 27.8. The van der Waals surface area contributed by atoms with E-state index in [1.54, 1.807) is 27.7 Å². The first-order valence-electron chi connectivity index (χ1n) is 27.8. The van der Waals surface area contributed by atoms with Crippen molar-refractivity contribution in [2.75, 3.05) is 0 Å². The summed E-state index contributed by atoms with van der Waals surface area (Å²) < 4.78 is 6.62. The highest BCUT2D eigenvalue weighted by molar-refractivity contribution is 6.99. The van der Waals surface area contributed by atoms with Crippen LogP contribution in [0.2, 0.25) is 0 Å². The molecule has 2 unspecified atom stereocenters. The summed E-state index contributed by atoms with van der Waals surface area (Å²) in [6.45, 7) is 23.8. The highest BCUT2D eigenvalue weighted by atomic mass is 16.3. The van der Waals surface area contributed by atoms with Gasteiger partial charge in [0.05, 0.1) is 0 Å². The number of furan rings is 1. The monoisotopic (exact) mass is 949 g/mol. The summed E-state index contributed by atoms with van der Waals surface area (Å²) >= 11 is 0. The Hall–Kier alpha value is -6.31. The summed E-state index contributed by atoms with van der Waals surface area (Å²) in [6, 6.07) is 57.2. The smallest absolute Gasteiger partial charge is 0.243 e. The fraction of sp³-hybridized carbons (Fsp3) is 0.314. The Bertz CT molecular complexity index is 3500. The third-order valence-electron chi connectivity index (χ3n) is 19.0. The Morgan fingerprint density at radius 2 is 0.959 bits per heavy atom. The zero-order valence-electron chi connectivity index (χ0n) is 45.0. The second-order valence-electron chi connectivity index (χ2n) is 24.7. The molecule has 0 amide bonds. The van der Waals surface area contributed by atoms with Crippen LogP contribution in [0.4, 0.5) is 0 Å². The van der Waals surface area contributed by atoms with Crippen molar-refractivity contribution >= 4 is 68.1 Å². The standard InChI is InChI=1S/C70H70B2O/c1-41(2)58-33-54(34-59(42(3)4)68(58)72-62-17-13-11-15-56(62)57-16-12-14-18-63(57)72)70-38-49-31-50(39-70)37-69(36-49,40-70)53-22-19-51(20-23-53)52-21-25-64-60(32-52)61-35-55(24-26-65(61)73-64)71(66-45(7)27-43(5)28-46(66)8)67-47(9)29-44(6)30-48(67)10/h11-30,32-35,41-42,49-50H,31,36-40H2,1-10H3. The van der Waals surface area contributed by atoms with Gasteiger partial charge in [0.1, 0.15) is 11.2 Å². The van der Waals surface area contributed by atoms with E-state index in [4.69, 9.17) is 4.42 Å². The van der Waals surface area contributed by atoms with Gasteiger partial charge in [-0.25, -0.2) is 0 Å². The largest absolute Gasteiger partial charge is 0.456 e. The third-order valence-corrected chi connectivity index (χ3v) is 19.0. The van der Waals surface area contributed by atoms with Crippen LogP contribution >= 0.6 is 0 Å². The first-order chi connectivity index (χ1) is 35.2. The zero-order valence-corrected chi connectivity index (χ0v) is 45.0. The van der Waals surface area contributed by atoms with Crippen LogP contribution in [0.25, 0.3) is 44.2 Å². The van der Waals surface area contributed by atoms with Crippen molar-refractivity contribution in [3.63, 3.8) is 0 Å². The molecule has 1 aliphatic heterocycles. The Kier molecular flexibility index (Phi) is 10.9. The quantitative estimate of drug-likeness (QED) is 0.131. The third kappa shape index (κ3) is 7.41. The molecule has 1 aromatic heterocycles. The van der Waals surface area contributed by atoms with Crippen LogP contribution in [0, 0.1) is 53.4 Å². The summed E-state index contributed by atoms with van der Waals surface area (Å²) in [5.74, 6) is 2.41. The molecule has 4 aliphatic carbocycles. The van der Waals surface area contributed by atoms with Crippen LogP contribution in [0.1, 0.15) is 134 Å². The fourth-order valence-corrected chi connectivity index (χ4v) is 16.6. The second kappa shape index (κ2) is 17.1. The first kappa shape index (κ1) is 46.5. The van der Waals surface area contributed by atoms with Gasteiger partial charge in [-0.1, -0.05) is 221 Å². The molecule has 4 fully saturated rings. The normalized spacial score (nSPS) is 20.7. The molecule has 1 nitrogen and oxygen atoms in total.